The Hall–Kier alpha value is -2.60. The van der Waals surface area contributed by atoms with Gasteiger partial charge in [-0.15, -0.1) is 11.8 Å². The van der Waals surface area contributed by atoms with Gasteiger partial charge in [-0.25, -0.2) is 4.79 Å². The summed E-state index contributed by atoms with van der Waals surface area (Å²) < 4.78 is 4.88. The zero-order chi connectivity index (χ0) is 18.1. The minimum Gasteiger partial charge on any atom is -0.463 e. The van der Waals surface area contributed by atoms with E-state index in [1.807, 2.05) is 54.6 Å². The van der Waals surface area contributed by atoms with Gasteiger partial charge in [0.15, 0.2) is 0 Å². The topological polar surface area (TPSA) is 69.4 Å². The summed E-state index contributed by atoms with van der Waals surface area (Å²) in [4.78, 5) is 23.1. The van der Waals surface area contributed by atoms with Crippen LogP contribution in [0.4, 0.5) is 0 Å². The Balaban J connectivity index is 2.24. The highest BCUT2D eigenvalue weighted by Gasteiger charge is 2.20. The molecule has 130 valence electrons. The Bertz CT molecular complexity index is 746. The molecule has 0 amide bonds. The zero-order valence-electron chi connectivity index (χ0n) is 13.8. The molecular weight excluding hydrogens is 338 g/mol. The van der Waals surface area contributed by atoms with Gasteiger partial charge >= 0.3 is 5.97 Å². The van der Waals surface area contributed by atoms with Crippen molar-refractivity contribution >= 4 is 23.8 Å². The van der Waals surface area contributed by atoms with Crippen LogP contribution in [0.3, 0.4) is 0 Å². The Kier molecular flexibility index (Phi) is 7.22. The molecule has 25 heavy (non-hydrogen) atoms. The zero-order valence-corrected chi connectivity index (χ0v) is 14.6. The lowest BCUT2D eigenvalue weighted by atomic mass is 10.1. The van der Waals surface area contributed by atoms with Gasteiger partial charge in [-0.05, 0) is 30.2 Å². The summed E-state index contributed by atoms with van der Waals surface area (Å²) in [5.41, 5.74) is 1.72. The van der Waals surface area contributed by atoms with Crippen LogP contribution in [0.5, 0.6) is 0 Å². The summed E-state index contributed by atoms with van der Waals surface area (Å²) in [6.07, 6.45) is 3.04. The molecule has 6 heteroatoms. The molecule has 0 bridgehead atoms. The molecule has 1 unspecified atom stereocenters. The van der Waals surface area contributed by atoms with Crippen molar-refractivity contribution in [1.29, 1.82) is 0 Å². The highest BCUT2D eigenvalue weighted by molar-refractivity contribution is 7.99. The van der Waals surface area contributed by atoms with Crippen molar-refractivity contribution in [2.75, 3.05) is 13.2 Å². The number of rotatable bonds is 8. The van der Waals surface area contributed by atoms with Crippen molar-refractivity contribution in [2.45, 2.75) is 17.1 Å². The van der Waals surface area contributed by atoms with E-state index in [1.165, 1.54) is 17.8 Å². The van der Waals surface area contributed by atoms with Crippen LogP contribution in [0.1, 0.15) is 23.3 Å². The number of nitro groups is 1. The lowest BCUT2D eigenvalue weighted by Gasteiger charge is -2.14. The molecule has 0 aromatic heterocycles. The van der Waals surface area contributed by atoms with Gasteiger partial charge < -0.3 is 4.74 Å². The van der Waals surface area contributed by atoms with Crippen molar-refractivity contribution in [2.24, 2.45) is 0 Å². The first kappa shape index (κ1) is 18.7. The number of esters is 1. The minimum atomic E-state index is -0.410. The standard InChI is InChI=1S/C19H19NO4S/c1-2-24-19(21)13-12-16-10-6-7-11-17(16)25-18(14-20(22)23)15-8-4-3-5-9-15/h3-13,18H,2,14H2,1H3/b13-12+. The van der Waals surface area contributed by atoms with E-state index in [0.29, 0.717) is 6.61 Å². The van der Waals surface area contributed by atoms with Gasteiger partial charge in [0.2, 0.25) is 6.54 Å². The predicted octanol–water partition coefficient (Wildman–Crippen LogP) is 4.37. The third kappa shape index (κ3) is 6.08. The van der Waals surface area contributed by atoms with Gasteiger partial charge in [0.1, 0.15) is 0 Å². The molecule has 0 aliphatic rings. The number of nitrogens with zero attached hydrogens (tertiary/aromatic N) is 1. The van der Waals surface area contributed by atoms with Gasteiger partial charge in [0.25, 0.3) is 0 Å². The van der Waals surface area contributed by atoms with Crippen molar-refractivity contribution in [3.05, 3.63) is 81.9 Å². The third-order valence-corrected chi connectivity index (χ3v) is 4.69. The number of carbonyl (C=O) groups is 1. The highest BCUT2D eigenvalue weighted by Crippen LogP contribution is 2.37. The van der Waals surface area contributed by atoms with Crippen LogP contribution in [0.2, 0.25) is 0 Å². The molecule has 0 heterocycles. The number of hydrogen-bond donors (Lipinski definition) is 0. The molecule has 0 saturated carbocycles. The Labute approximate surface area is 150 Å². The fourth-order valence-corrected chi connectivity index (χ4v) is 3.47. The Morgan fingerprint density at radius 1 is 1.20 bits per heavy atom. The SMILES string of the molecule is CCOC(=O)/C=C/c1ccccc1SC(C[N+](=O)[O-])c1ccccc1. The van der Waals surface area contributed by atoms with Gasteiger partial charge in [-0.2, -0.15) is 0 Å². The third-order valence-electron chi connectivity index (χ3n) is 3.36. The van der Waals surface area contributed by atoms with Gasteiger partial charge in [0.05, 0.1) is 11.9 Å². The summed E-state index contributed by atoms with van der Waals surface area (Å²) in [6, 6.07) is 16.9. The second-order valence-corrected chi connectivity index (χ2v) is 6.40. The first-order valence-corrected chi connectivity index (χ1v) is 8.75. The number of ether oxygens (including phenoxy) is 1. The quantitative estimate of drug-likeness (QED) is 0.231. The van der Waals surface area contributed by atoms with Crippen LogP contribution in [-0.4, -0.2) is 24.0 Å². The maximum atomic E-state index is 11.5. The molecule has 1 atom stereocenters. The summed E-state index contributed by atoms with van der Waals surface area (Å²) in [5, 5.41) is 10.8. The van der Waals surface area contributed by atoms with Crippen LogP contribution in [0, 0.1) is 10.1 Å². The van der Waals surface area contributed by atoms with E-state index in [-0.39, 0.29) is 16.7 Å². The average Bonchev–Trinajstić information content (AvgIpc) is 2.61. The molecule has 0 saturated heterocycles. The average molecular weight is 357 g/mol. The number of thioether (sulfide) groups is 1. The van der Waals surface area contributed by atoms with Gasteiger partial charge in [-0.3, -0.25) is 10.1 Å². The first-order chi connectivity index (χ1) is 12.1. The fraction of sp³-hybridized carbons (Fsp3) is 0.211. The second kappa shape index (κ2) is 9.64. The number of benzene rings is 2. The molecule has 2 aromatic carbocycles. The monoisotopic (exact) mass is 357 g/mol. The van der Waals surface area contributed by atoms with Crippen LogP contribution < -0.4 is 0 Å². The van der Waals surface area contributed by atoms with Crippen molar-refractivity contribution in [1.82, 2.24) is 0 Å². The van der Waals surface area contributed by atoms with Crippen LogP contribution in [0.15, 0.2) is 65.6 Å². The van der Waals surface area contributed by atoms with Crippen molar-refractivity contribution in [3.63, 3.8) is 0 Å². The van der Waals surface area contributed by atoms with E-state index in [9.17, 15) is 14.9 Å². The summed E-state index contributed by atoms with van der Waals surface area (Å²) >= 11 is 1.42. The molecule has 0 aliphatic heterocycles. The summed E-state index contributed by atoms with van der Waals surface area (Å²) in [7, 11) is 0. The lowest BCUT2D eigenvalue weighted by molar-refractivity contribution is -0.479. The van der Waals surface area contributed by atoms with E-state index in [1.54, 1.807) is 13.0 Å². The Morgan fingerprint density at radius 2 is 1.88 bits per heavy atom. The Morgan fingerprint density at radius 3 is 2.56 bits per heavy atom. The van der Waals surface area contributed by atoms with Crippen LogP contribution >= 0.6 is 11.8 Å². The maximum Gasteiger partial charge on any atom is 0.330 e. The molecule has 0 aliphatic carbocycles. The van der Waals surface area contributed by atoms with Gasteiger partial charge in [-0.1, -0.05) is 48.5 Å². The van der Waals surface area contributed by atoms with E-state index >= 15 is 0 Å². The maximum absolute atomic E-state index is 11.5. The molecule has 0 N–H and O–H groups in total. The summed E-state index contributed by atoms with van der Waals surface area (Å²) in [6.45, 7) is 1.89. The molecule has 2 aromatic rings. The lowest BCUT2D eigenvalue weighted by Crippen LogP contribution is -2.09. The second-order valence-electron chi connectivity index (χ2n) is 5.16. The van der Waals surface area contributed by atoms with Crippen molar-refractivity contribution in [3.8, 4) is 0 Å². The minimum absolute atomic E-state index is 0.176. The van der Waals surface area contributed by atoms with Crippen LogP contribution in [-0.2, 0) is 9.53 Å². The van der Waals surface area contributed by atoms with Crippen molar-refractivity contribution < 1.29 is 14.5 Å². The molecular formula is C19H19NO4S. The van der Waals surface area contributed by atoms with E-state index in [0.717, 1.165) is 16.0 Å². The number of carbonyl (C=O) groups excluding carboxylic acids is 1. The molecule has 0 spiro atoms. The normalized spacial score (nSPS) is 12.0. The smallest absolute Gasteiger partial charge is 0.330 e. The molecule has 0 fully saturated rings. The largest absolute Gasteiger partial charge is 0.463 e. The molecule has 2 rings (SSSR count). The summed E-state index contributed by atoms with van der Waals surface area (Å²) in [5.74, 6) is -0.410. The molecule has 5 nitrogen and oxygen atoms in total. The highest BCUT2D eigenvalue weighted by atomic mass is 32.2. The predicted molar refractivity (Wildman–Crippen MR) is 99.0 cm³/mol. The van der Waals surface area contributed by atoms with E-state index in [4.69, 9.17) is 4.74 Å². The van der Waals surface area contributed by atoms with E-state index < -0.39 is 5.97 Å². The van der Waals surface area contributed by atoms with E-state index in [2.05, 4.69) is 0 Å². The number of hydrogen-bond acceptors (Lipinski definition) is 5. The first-order valence-electron chi connectivity index (χ1n) is 7.87. The van der Waals surface area contributed by atoms with Crippen LogP contribution in [0.25, 0.3) is 6.08 Å². The van der Waals surface area contributed by atoms with Gasteiger partial charge in [0, 0.05) is 15.9 Å². The molecule has 0 radical (unpaired) electrons. The fourth-order valence-electron chi connectivity index (χ4n) is 2.24.